The summed E-state index contributed by atoms with van der Waals surface area (Å²) < 4.78 is 6.73. The summed E-state index contributed by atoms with van der Waals surface area (Å²) in [7, 11) is 1.53. The van der Waals surface area contributed by atoms with Gasteiger partial charge in [0, 0.05) is 25.9 Å². The molecule has 0 aliphatic heterocycles. The van der Waals surface area contributed by atoms with E-state index in [-0.39, 0.29) is 12.4 Å². The zero-order valence-electron chi connectivity index (χ0n) is 9.22. The van der Waals surface area contributed by atoms with Crippen LogP contribution < -0.4 is 0 Å². The molecule has 0 bridgehead atoms. The predicted molar refractivity (Wildman–Crippen MR) is 60.4 cm³/mol. The number of hydrogen-bond acceptors (Lipinski definition) is 3. The number of hydrogen-bond donors (Lipinski definition) is 0. The molecule has 0 amide bonds. The Bertz CT molecular complexity index is 457. The van der Waals surface area contributed by atoms with Gasteiger partial charge in [-0.2, -0.15) is 0 Å². The van der Waals surface area contributed by atoms with E-state index >= 15 is 0 Å². The molecule has 0 aliphatic carbocycles. The molecule has 2 rings (SSSR count). The third-order valence-corrected chi connectivity index (χ3v) is 2.38. The molecular weight excluding hydrogens is 204 g/mol. The van der Waals surface area contributed by atoms with E-state index in [1.165, 1.54) is 7.11 Å². The number of imidazole rings is 1. The highest BCUT2D eigenvalue weighted by molar-refractivity contribution is 5.79. The second-order valence-electron chi connectivity index (χ2n) is 3.67. The van der Waals surface area contributed by atoms with Crippen molar-refractivity contribution < 1.29 is 9.53 Å². The molecule has 2 aromatic heterocycles. The average molecular weight is 218 g/mol. The highest BCUT2D eigenvalue weighted by atomic mass is 16.5. The lowest BCUT2D eigenvalue weighted by atomic mass is 10.2. The van der Waals surface area contributed by atoms with Crippen molar-refractivity contribution in [1.29, 1.82) is 0 Å². The molecule has 0 unspecified atom stereocenters. The van der Waals surface area contributed by atoms with Crippen LogP contribution in [0.3, 0.4) is 0 Å². The molecule has 84 valence electrons. The van der Waals surface area contributed by atoms with Crippen molar-refractivity contribution in [2.75, 3.05) is 13.7 Å². The maximum atomic E-state index is 11.3. The zero-order chi connectivity index (χ0) is 11.4. The fraction of sp³-hybridized carbons (Fsp3) is 0.333. The van der Waals surface area contributed by atoms with E-state index in [1.807, 2.05) is 35.0 Å². The van der Waals surface area contributed by atoms with Gasteiger partial charge in [0.25, 0.3) is 0 Å². The minimum absolute atomic E-state index is 0.111. The Labute approximate surface area is 93.9 Å². The van der Waals surface area contributed by atoms with Gasteiger partial charge in [-0.05, 0) is 18.6 Å². The molecule has 0 N–H and O–H groups in total. The summed E-state index contributed by atoms with van der Waals surface area (Å²) in [5, 5.41) is 0. The van der Waals surface area contributed by atoms with Crippen LogP contribution in [0.4, 0.5) is 0 Å². The lowest BCUT2D eigenvalue weighted by Crippen LogP contribution is -2.07. The van der Waals surface area contributed by atoms with E-state index < -0.39 is 0 Å². The van der Waals surface area contributed by atoms with Gasteiger partial charge in [-0.15, -0.1) is 0 Å². The third kappa shape index (κ3) is 2.46. The third-order valence-electron chi connectivity index (χ3n) is 2.38. The van der Waals surface area contributed by atoms with Crippen molar-refractivity contribution in [3.05, 3.63) is 36.3 Å². The van der Waals surface area contributed by atoms with Crippen molar-refractivity contribution >= 4 is 11.4 Å². The van der Waals surface area contributed by atoms with Crippen LogP contribution in [0.15, 0.2) is 30.6 Å². The van der Waals surface area contributed by atoms with Gasteiger partial charge in [-0.25, -0.2) is 4.98 Å². The highest BCUT2D eigenvalue weighted by Crippen LogP contribution is 2.06. The Hall–Kier alpha value is -1.68. The molecular formula is C12H14N2O2. The van der Waals surface area contributed by atoms with Crippen molar-refractivity contribution in [3.63, 3.8) is 0 Å². The number of ether oxygens (including phenoxy) is 1. The Kier molecular flexibility index (Phi) is 3.31. The molecule has 2 aromatic rings. The van der Waals surface area contributed by atoms with E-state index in [4.69, 9.17) is 4.74 Å². The number of ketones is 1. The Morgan fingerprint density at radius 1 is 1.50 bits per heavy atom. The summed E-state index contributed by atoms with van der Waals surface area (Å²) in [6, 6.07) is 5.84. The quantitative estimate of drug-likeness (QED) is 0.763. The van der Waals surface area contributed by atoms with E-state index in [1.54, 1.807) is 0 Å². The molecule has 0 saturated carbocycles. The number of carbonyl (C=O) groups excluding carboxylic acids is 1. The number of fused-ring (bicyclic) bond motifs is 1. The van der Waals surface area contributed by atoms with E-state index in [0.29, 0.717) is 12.8 Å². The summed E-state index contributed by atoms with van der Waals surface area (Å²) in [5.41, 5.74) is 1.85. The summed E-state index contributed by atoms with van der Waals surface area (Å²) in [4.78, 5) is 15.7. The first-order valence-electron chi connectivity index (χ1n) is 5.23. The van der Waals surface area contributed by atoms with Crippen LogP contribution in [0.1, 0.15) is 12.1 Å². The summed E-state index contributed by atoms with van der Waals surface area (Å²) in [6.45, 7) is 0.188. The molecule has 0 spiro atoms. The van der Waals surface area contributed by atoms with Crippen LogP contribution in [0.5, 0.6) is 0 Å². The highest BCUT2D eigenvalue weighted by Gasteiger charge is 2.05. The van der Waals surface area contributed by atoms with E-state index in [2.05, 4.69) is 4.98 Å². The van der Waals surface area contributed by atoms with Crippen molar-refractivity contribution in [2.45, 2.75) is 12.8 Å². The number of methoxy groups -OCH3 is 1. The molecule has 16 heavy (non-hydrogen) atoms. The molecule has 2 heterocycles. The minimum Gasteiger partial charge on any atom is -0.377 e. The fourth-order valence-electron chi connectivity index (χ4n) is 1.61. The molecule has 0 fully saturated rings. The van der Waals surface area contributed by atoms with Crippen LogP contribution >= 0.6 is 0 Å². The summed E-state index contributed by atoms with van der Waals surface area (Å²) >= 11 is 0. The predicted octanol–water partition coefficient (Wildman–Crippen LogP) is 1.48. The number of nitrogens with zero attached hydrogens (tertiary/aromatic N) is 2. The largest absolute Gasteiger partial charge is 0.377 e. The first-order chi connectivity index (χ1) is 7.79. The van der Waals surface area contributed by atoms with Gasteiger partial charge in [0.2, 0.25) is 0 Å². The number of aromatic nitrogens is 2. The van der Waals surface area contributed by atoms with E-state index in [9.17, 15) is 4.79 Å². The van der Waals surface area contributed by atoms with Crippen molar-refractivity contribution in [2.24, 2.45) is 0 Å². The standard InChI is InChI=1S/C12H14N2O2/c1-16-9-11(15)6-5-10-8-14-7-3-2-4-12(14)13-10/h2-4,7-8H,5-6,9H2,1H3. The Morgan fingerprint density at radius 2 is 2.38 bits per heavy atom. The van der Waals surface area contributed by atoms with Crippen molar-refractivity contribution in [3.8, 4) is 0 Å². The van der Waals surface area contributed by atoms with Gasteiger partial charge in [0.15, 0.2) is 5.78 Å². The summed E-state index contributed by atoms with van der Waals surface area (Å²) in [5.74, 6) is 0.111. The number of pyridine rings is 1. The number of rotatable bonds is 5. The molecule has 0 saturated heterocycles. The van der Waals surface area contributed by atoms with Crippen LogP contribution in [0, 0.1) is 0 Å². The van der Waals surface area contributed by atoms with Crippen LogP contribution in [-0.2, 0) is 16.0 Å². The number of aryl methyl sites for hydroxylation is 1. The molecule has 4 nitrogen and oxygen atoms in total. The fourth-order valence-corrected chi connectivity index (χ4v) is 1.61. The topological polar surface area (TPSA) is 43.6 Å². The SMILES string of the molecule is COCC(=O)CCc1cn2ccccc2n1. The first-order valence-corrected chi connectivity index (χ1v) is 5.23. The molecule has 0 atom stereocenters. The molecule has 4 heteroatoms. The van der Waals surface area contributed by atoms with Crippen molar-refractivity contribution in [1.82, 2.24) is 9.38 Å². The van der Waals surface area contributed by atoms with Gasteiger partial charge in [-0.1, -0.05) is 6.07 Å². The van der Waals surface area contributed by atoms with Gasteiger partial charge < -0.3 is 9.14 Å². The lowest BCUT2D eigenvalue weighted by molar-refractivity contribution is -0.122. The van der Waals surface area contributed by atoms with Gasteiger partial charge >= 0.3 is 0 Å². The maximum Gasteiger partial charge on any atom is 0.158 e. The Morgan fingerprint density at radius 3 is 3.12 bits per heavy atom. The maximum absolute atomic E-state index is 11.3. The summed E-state index contributed by atoms with van der Waals surface area (Å²) in [6.07, 6.45) is 5.06. The second-order valence-corrected chi connectivity index (χ2v) is 3.67. The zero-order valence-corrected chi connectivity index (χ0v) is 9.22. The molecule has 0 aromatic carbocycles. The first kappa shape index (κ1) is 10.8. The smallest absolute Gasteiger partial charge is 0.158 e. The molecule has 0 aliphatic rings. The second kappa shape index (κ2) is 4.90. The number of carbonyl (C=O) groups is 1. The monoisotopic (exact) mass is 218 g/mol. The van der Waals surface area contributed by atoms with Gasteiger partial charge in [-0.3, -0.25) is 4.79 Å². The van der Waals surface area contributed by atoms with Gasteiger partial charge in [0.1, 0.15) is 12.3 Å². The molecule has 0 radical (unpaired) electrons. The Balaban J connectivity index is 2.02. The average Bonchev–Trinajstić information content (AvgIpc) is 2.69. The van der Waals surface area contributed by atoms with Crippen LogP contribution in [0.2, 0.25) is 0 Å². The number of Topliss-reactive ketones (excluding diaryl/α,β-unsaturated/α-hetero) is 1. The van der Waals surface area contributed by atoms with Crippen LogP contribution in [0.25, 0.3) is 5.65 Å². The van der Waals surface area contributed by atoms with Crippen LogP contribution in [-0.4, -0.2) is 28.9 Å². The lowest BCUT2D eigenvalue weighted by Gasteiger charge is -1.96. The van der Waals surface area contributed by atoms with Gasteiger partial charge in [0.05, 0.1) is 5.69 Å². The minimum atomic E-state index is 0.111. The van der Waals surface area contributed by atoms with E-state index in [0.717, 1.165) is 11.3 Å². The normalized spacial score (nSPS) is 10.8.